The summed E-state index contributed by atoms with van der Waals surface area (Å²) in [7, 11) is 0. The zero-order valence-corrected chi connectivity index (χ0v) is 9.78. The molecule has 1 aromatic heterocycles. The number of benzene rings is 1. The van der Waals surface area contributed by atoms with Crippen LogP contribution in [0.15, 0.2) is 42.5 Å². The third-order valence-electron chi connectivity index (χ3n) is 2.20. The smallest absolute Gasteiger partial charge is 0.213 e. The number of nitrogen functional groups attached to an aromatic ring is 2. The molecular formula is C12H12ClN3O. The van der Waals surface area contributed by atoms with Crippen molar-refractivity contribution in [1.82, 2.24) is 4.98 Å². The van der Waals surface area contributed by atoms with Crippen LogP contribution < -0.4 is 11.5 Å². The molecule has 0 aliphatic rings. The molecule has 4 nitrogen and oxygen atoms in total. The van der Waals surface area contributed by atoms with Crippen LogP contribution in [0.3, 0.4) is 0 Å². The minimum Gasteiger partial charge on any atom is -0.397 e. The Balaban J connectivity index is 0.00000144. The first kappa shape index (κ1) is 13.0. The van der Waals surface area contributed by atoms with Gasteiger partial charge in [0.25, 0.3) is 0 Å². The van der Waals surface area contributed by atoms with Crippen LogP contribution in [0.1, 0.15) is 16.1 Å². The van der Waals surface area contributed by atoms with E-state index in [0.717, 1.165) is 0 Å². The minimum atomic E-state index is -0.217. The van der Waals surface area contributed by atoms with Gasteiger partial charge in [0.05, 0.1) is 5.69 Å². The maximum Gasteiger partial charge on any atom is 0.213 e. The largest absolute Gasteiger partial charge is 0.397 e. The van der Waals surface area contributed by atoms with Crippen LogP contribution in [0, 0.1) is 0 Å². The van der Waals surface area contributed by atoms with Gasteiger partial charge < -0.3 is 11.5 Å². The number of halogens is 1. The number of nitrogens with two attached hydrogens (primary N) is 2. The molecule has 1 aromatic carbocycles. The Morgan fingerprint density at radius 2 is 1.65 bits per heavy atom. The number of hydrogen-bond acceptors (Lipinski definition) is 4. The molecule has 2 rings (SSSR count). The third kappa shape index (κ3) is 2.73. The fourth-order valence-corrected chi connectivity index (χ4v) is 1.39. The summed E-state index contributed by atoms with van der Waals surface area (Å²) in [6.07, 6.45) is 0. The van der Waals surface area contributed by atoms with Gasteiger partial charge in [-0.2, -0.15) is 0 Å². The maximum absolute atomic E-state index is 12.0. The zero-order valence-electron chi connectivity index (χ0n) is 8.96. The topological polar surface area (TPSA) is 82.0 Å². The van der Waals surface area contributed by atoms with Crippen LogP contribution in [0.25, 0.3) is 0 Å². The fraction of sp³-hybridized carbons (Fsp3) is 0. The quantitative estimate of drug-likeness (QED) is 0.797. The standard InChI is InChI=1S/C12H11N3O.ClH/c13-9-6-7-10(14)15-11(9)12(16)8-4-2-1-3-5-8;/h1-7H,13H2,(H2,14,15);1H. The predicted molar refractivity (Wildman–Crippen MR) is 70.2 cm³/mol. The summed E-state index contributed by atoms with van der Waals surface area (Å²) in [5.74, 6) is 0.0684. The van der Waals surface area contributed by atoms with E-state index in [1.54, 1.807) is 36.4 Å². The maximum atomic E-state index is 12.0. The fourth-order valence-electron chi connectivity index (χ4n) is 1.39. The van der Waals surface area contributed by atoms with Crippen molar-refractivity contribution in [2.75, 3.05) is 11.5 Å². The Hall–Kier alpha value is -2.07. The molecule has 1 heterocycles. The van der Waals surface area contributed by atoms with E-state index in [-0.39, 0.29) is 29.7 Å². The Bertz CT molecular complexity index is 529. The lowest BCUT2D eigenvalue weighted by Gasteiger charge is -2.04. The number of pyridine rings is 1. The highest BCUT2D eigenvalue weighted by molar-refractivity contribution is 6.10. The molecule has 5 heteroatoms. The first-order valence-electron chi connectivity index (χ1n) is 4.80. The Kier molecular flexibility index (Phi) is 4.06. The molecule has 88 valence electrons. The van der Waals surface area contributed by atoms with Crippen molar-refractivity contribution >= 4 is 29.7 Å². The van der Waals surface area contributed by atoms with Crippen molar-refractivity contribution in [3.63, 3.8) is 0 Å². The number of anilines is 2. The highest BCUT2D eigenvalue weighted by Crippen LogP contribution is 2.15. The van der Waals surface area contributed by atoms with Crippen LogP contribution in [-0.2, 0) is 0 Å². The molecule has 17 heavy (non-hydrogen) atoms. The number of carbonyl (C=O) groups is 1. The highest BCUT2D eigenvalue weighted by Gasteiger charge is 2.13. The van der Waals surface area contributed by atoms with Crippen molar-refractivity contribution in [3.05, 3.63) is 53.7 Å². The van der Waals surface area contributed by atoms with E-state index in [1.807, 2.05) is 6.07 Å². The normalized spacial score (nSPS) is 9.41. The van der Waals surface area contributed by atoms with Gasteiger partial charge in [-0.15, -0.1) is 12.4 Å². The van der Waals surface area contributed by atoms with E-state index in [4.69, 9.17) is 11.5 Å². The van der Waals surface area contributed by atoms with Crippen LogP contribution in [-0.4, -0.2) is 10.8 Å². The second kappa shape index (κ2) is 5.32. The van der Waals surface area contributed by atoms with E-state index in [9.17, 15) is 4.79 Å². The Labute approximate surface area is 105 Å². The zero-order chi connectivity index (χ0) is 11.5. The third-order valence-corrected chi connectivity index (χ3v) is 2.20. The van der Waals surface area contributed by atoms with Gasteiger partial charge in [-0.1, -0.05) is 30.3 Å². The number of nitrogens with zero attached hydrogens (tertiary/aromatic N) is 1. The number of rotatable bonds is 2. The van der Waals surface area contributed by atoms with Gasteiger partial charge in [-0.25, -0.2) is 4.98 Å². The number of ketones is 1. The number of hydrogen-bond donors (Lipinski definition) is 2. The van der Waals surface area contributed by atoms with Gasteiger partial charge in [0.1, 0.15) is 11.5 Å². The van der Waals surface area contributed by atoms with Crippen molar-refractivity contribution < 1.29 is 4.79 Å². The second-order valence-electron chi connectivity index (χ2n) is 3.37. The second-order valence-corrected chi connectivity index (χ2v) is 3.37. The summed E-state index contributed by atoms with van der Waals surface area (Å²) >= 11 is 0. The van der Waals surface area contributed by atoms with Gasteiger partial charge in [-0.3, -0.25) is 4.79 Å². The molecule has 0 bridgehead atoms. The number of aromatic nitrogens is 1. The lowest BCUT2D eigenvalue weighted by atomic mass is 10.1. The molecule has 0 radical (unpaired) electrons. The Morgan fingerprint density at radius 3 is 2.29 bits per heavy atom. The van der Waals surface area contributed by atoms with Crippen LogP contribution in [0.5, 0.6) is 0 Å². The van der Waals surface area contributed by atoms with E-state index < -0.39 is 0 Å². The molecule has 0 aliphatic heterocycles. The van der Waals surface area contributed by atoms with E-state index in [1.165, 1.54) is 0 Å². The van der Waals surface area contributed by atoms with Crippen molar-refractivity contribution in [1.29, 1.82) is 0 Å². The molecule has 0 spiro atoms. The molecule has 2 aromatic rings. The average molecular weight is 250 g/mol. The van der Waals surface area contributed by atoms with Crippen molar-refractivity contribution in [3.8, 4) is 0 Å². The summed E-state index contributed by atoms with van der Waals surface area (Å²) in [6, 6.07) is 12.0. The van der Waals surface area contributed by atoms with Crippen LogP contribution in [0.4, 0.5) is 11.5 Å². The molecule has 0 amide bonds. The van der Waals surface area contributed by atoms with Gasteiger partial charge in [0.15, 0.2) is 0 Å². The van der Waals surface area contributed by atoms with Gasteiger partial charge in [-0.05, 0) is 12.1 Å². The summed E-state index contributed by atoms with van der Waals surface area (Å²) in [5.41, 5.74) is 12.3. The molecule has 0 saturated carbocycles. The lowest BCUT2D eigenvalue weighted by Crippen LogP contribution is -2.09. The summed E-state index contributed by atoms with van der Waals surface area (Å²) < 4.78 is 0. The van der Waals surface area contributed by atoms with Gasteiger partial charge in [0, 0.05) is 5.56 Å². The SMILES string of the molecule is Cl.Nc1ccc(N)c(C(=O)c2ccccc2)n1. The molecule has 0 aliphatic carbocycles. The number of carbonyl (C=O) groups excluding carboxylic acids is 1. The average Bonchev–Trinajstić information content (AvgIpc) is 2.32. The predicted octanol–water partition coefficient (Wildman–Crippen LogP) is 1.90. The molecule has 0 unspecified atom stereocenters. The minimum absolute atomic E-state index is 0. The van der Waals surface area contributed by atoms with E-state index in [0.29, 0.717) is 11.3 Å². The summed E-state index contributed by atoms with van der Waals surface area (Å²) in [5, 5.41) is 0. The molecular weight excluding hydrogens is 238 g/mol. The highest BCUT2D eigenvalue weighted by atomic mass is 35.5. The molecule has 0 fully saturated rings. The first-order chi connectivity index (χ1) is 7.68. The summed E-state index contributed by atoms with van der Waals surface area (Å²) in [4.78, 5) is 16.0. The Morgan fingerprint density at radius 1 is 1.00 bits per heavy atom. The van der Waals surface area contributed by atoms with E-state index in [2.05, 4.69) is 4.98 Å². The van der Waals surface area contributed by atoms with Gasteiger partial charge in [0.2, 0.25) is 5.78 Å². The monoisotopic (exact) mass is 249 g/mol. The molecule has 4 N–H and O–H groups in total. The summed E-state index contributed by atoms with van der Waals surface area (Å²) in [6.45, 7) is 0. The molecule has 0 atom stereocenters. The lowest BCUT2D eigenvalue weighted by molar-refractivity contribution is 0.103. The first-order valence-corrected chi connectivity index (χ1v) is 4.80. The van der Waals surface area contributed by atoms with Gasteiger partial charge >= 0.3 is 0 Å². The molecule has 0 saturated heterocycles. The van der Waals surface area contributed by atoms with Crippen LogP contribution >= 0.6 is 12.4 Å². The van der Waals surface area contributed by atoms with Crippen LogP contribution in [0.2, 0.25) is 0 Å². The van der Waals surface area contributed by atoms with E-state index >= 15 is 0 Å². The van der Waals surface area contributed by atoms with Crippen molar-refractivity contribution in [2.45, 2.75) is 0 Å². The van der Waals surface area contributed by atoms with Crippen molar-refractivity contribution in [2.24, 2.45) is 0 Å².